The van der Waals surface area contributed by atoms with Crippen molar-refractivity contribution in [2.75, 3.05) is 19.4 Å². The fraction of sp³-hybridized carbons (Fsp3) is 0.436. The molecule has 14 heteroatoms. The third kappa shape index (κ3) is 10.8. The minimum absolute atomic E-state index is 0.00536. The maximum atomic E-state index is 13.6. The van der Waals surface area contributed by atoms with E-state index in [1.54, 1.807) is 47.2 Å². The Morgan fingerprint density at radius 2 is 1.81 bits per heavy atom. The van der Waals surface area contributed by atoms with Crippen LogP contribution in [0.3, 0.4) is 0 Å². The Labute approximate surface area is 312 Å². The first-order valence-corrected chi connectivity index (χ1v) is 19.8. The molecule has 284 valence electrons. The number of nitrogens with zero attached hydrogens (tertiary/aromatic N) is 3. The van der Waals surface area contributed by atoms with E-state index in [-0.39, 0.29) is 47.5 Å². The van der Waals surface area contributed by atoms with Crippen LogP contribution in [0.5, 0.6) is 5.75 Å². The van der Waals surface area contributed by atoms with Crippen molar-refractivity contribution in [3.63, 3.8) is 0 Å². The minimum Gasteiger partial charge on any atom is -0.484 e. The van der Waals surface area contributed by atoms with Gasteiger partial charge in [0.1, 0.15) is 23.2 Å². The smallest absolute Gasteiger partial charge is 0.320 e. The summed E-state index contributed by atoms with van der Waals surface area (Å²) >= 11 is 0. The largest absolute Gasteiger partial charge is 0.484 e. The van der Waals surface area contributed by atoms with Gasteiger partial charge in [-0.3, -0.25) is 24.9 Å². The number of fused-ring (bicyclic) bond motifs is 1. The number of amidine groups is 1. The number of likely N-dealkylation sites (tertiary alicyclic amines) is 1. The van der Waals surface area contributed by atoms with Crippen LogP contribution in [0.4, 0.5) is 10.5 Å². The highest BCUT2D eigenvalue weighted by Gasteiger charge is 2.30. The van der Waals surface area contributed by atoms with Crippen molar-refractivity contribution in [1.29, 1.82) is 10.8 Å². The van der Waals surface area contributed by atoms with Gasteiger partial charge in [-0.05, 0) is 86.4 Å². The molecule has 2 aliphatic rings. The number of benzene rings is 2. The second-order valence-electron chi connectivity index (χ2n) is 14.7. The number of nitrogens with two attached hydrogens (primary N) is 1. The predicted molar refractivity (Wildman–Crippen MR) is 207 cm³/mol. The number of aliphatic imine (C=N–C) groups is 1. The molecule has 1 aromatic heterocycles. The van der Waals surface area contributed by atoms with Crippen LogP contribution < -0.4 is 26.6 Å². The zero-order chi connectivity index (χ0) is 38.3. The standard InChI is InChI=1S/C39H52N8O5S/c1-26-11-8-9-21-46(26)37(42)47-25-29(16-19-35(47)41)52-33-18-17-32(30-14-6-7-15-31(30)33)44-38(48)45-36(24-34(40)39(2,3)4)43-28-13-10-12-27(23-28)20-22-51-53(5,49)50/h6-7,10,12-16,19,23-26,32-33,41-42H,8-9,11,17-18,20-22,40H2,1-5H3,(H2,43,44,45,48)/b34-24-,41-35?,42-37?/t26-,32-,33+/m0/s1. The van der Waals surface area contributed by atoms with Gasteiger partial charge < -0.3 is 20.7 Å². The molecule has 2 heterocycles. The molecule has 0 saturated carbocycles. The zero-order valence-corrected chi connectivity index (χ0v) is 32.0. The molecule has 3 aromatic rings. The van der Waals surface area contributed by atoms with E-state index in [2.05, 4.69) is 17.6 Å². The van der Waals surface area contributed by atoms with Gasteiger partial charge in [0, 0.05) is 29.8 Å². The van der Waals surface area contributed by atoms with Crippen LogP contribution in [-0.2, 0) is 20.7 Å². The third-order valence-corrected chi connectivity index (χ3v) is 10.1. The summed E-state index contributed by atoms with van der Waals surface area (Å²) in [5.41, 5.74) is 10.0. The van der Waals surface area contributed by atoms with E-state index in [1.807, 2.05) is 56.0 Å². The number of amides is 2. The van der Waals surface area contributed by atoms with Crippen molar-refractivity contribution in [3.05, 3.63) is 101 Å². The molecule has 6 N–H and O–H groups in total. The monoisotopic (exact) mass is 744 g/mol. The van der Waals surface area contributed by atoms with Crippen LogP contribution in [0.1, 0.15) is 88.6 Å². The van der Waals surface area contributed by atoms with Crippen LogP contribution in [0.2, 0.25) is 0 Å². The van der Waals surface area contributed by atoms with Gasteiger partial charge in [-0.25, -0.2) is 9.79 Å². The summed E-state index contributed by atoms with van der Waals surface area (Å²) in [6.07, 6.45) is 8.89. The second kappa shape index (κ2) is 16.8. The number of rotatable bonds is 9. The van der Waals surface area contributed by atoms with E-state index >= 15 is 0 Å². The fourth-order valence-corrected chi connectivity index (χ4v) is 6.85. The Bertz CT molecular complexity index is 2030. The van der Waals surface area contributed by atoms with E-state index in [4.69, 9.17) is 30.5 Å². The van der Waals surface area contributed by atoms with Crippen molar-refractivity contribution >= 4 is 33.6 Å². The number of nitrogens with one attached hydrogen (secondary N) is 4. The Hall–Kier alpha value is -4.95. The van der Waals surface area contributed by atoms with Crippen molar-refractivity contribution in [2.24, 2.45) is 16.1 Å². The summed E-state index contributed by atoms with van der Waals surface area (Å²) in [6.45, 7) is 8.83. The Kier molecular flexibility index (Phi) is 12.4. The second-order valence-corrected chi connectivity index (χ2v) is 16.4. The number of carbonyl (C=O) groups excluding carboxylic acids is 1. The van der Waals surface area contributed by atoms with Crippen molar-refractivity contribution in [3.8, 4) is 5.75 Å². The van der Waals surface area contributed by atoms with E-state index in [0.29, 0.717) is 36.4 Å². The minimum atomic E-state index is -3.55. The van der Waals surface area contributed by atoms with Crippen LogP contribution in [0, 0.1) is 16.2 Å². The van der Waals surface area contributed by atoms with Gasteiger partial charge in [-0.2, -0.15) is 8.42 Å². The number of piperidine rings is 1. The summed E-state index contributed by atoms with van der Waals surface area (Å²) in [5, 5.41) is 23.4. The number of pyridine rings is 1. The summed E-state index contributed by atoms with van der Waals surface area (Å²) in [5.74, 6) is 1.09. The predicted octanol–water partition coefficient (Wildman–Crippen LogP) is 6.02. The molecule has 1 aliphatic heterocycles. The van der Waals surface area contributed by atoms with Gasteiger partial charge >= 0.3 is 6.03 Å². The average molecular weight is 745 g/mol. The zero-order valence-electron chi connectivity index (χ0n) is 31.2. The molecule has 0 radical (unpaired) electrons. The Balaban J connectivity index is 1.31. The number of aromatic nitrogens is 1. The lowest BCUT2D eigenvalue weighted by Gasteiger charge is -2.36. The van der Waals surface area contributed by atoms with Crippen molar-refractivity contribution in [1.82, 2.24) is 20.1 Å². The Morgan fingerprint density at radius 1 is 1.06 bits per heavy atom. The summed E-state index contributed by atoms with van der Waals surface area (Å²) < 4.78 is 35.8. The molecule has 0 bridgehead atoms. The molecule has 2 aromatic carbocycles. The molecule has 1 saturated heterocycles. The first-order valence-electron chi connectivity index (χ1n) is 18.0. The van der Waals surface area contributed by atoms with Gasteiger partial charge in [0.05, 0.1) is 30.8 Å². The lowest BCUT2D eigenvalue weighted by Crippen LogP contribution is -2.47. The highest BCUT2D eigenvalue weighted by atomic mass is 32.2. The van der Waals surface area contributed by atoms with Crippen molar-refractivity contribution < 1.29 is 22.1 Å². The molecule has 13 nitrogen and oxygen atoms in total. The number of carbonyl (C=O) groups is 1. The molecule has 0 spiro atoms. The first kappa shape index (κ1) is 39.3. The van der Waals surface area contributed by atoms with Crippen LogP contribution >= 0.6 is 0 Å². The molecule has 0 unspecified atom stereocenters. The topological polar surface area (TPSA) is 188 Å². The van der Waals surface area contributed by atoms with E-state index < -0.39 is 16.1 Å². The fourth-order valence-electron chi connectivity index (χ4n) is 6.47. The molecule has 5 rings (SSSR count). The van der Waals surface area contributed by atoms with Gasteiger partial charge in [-0.1, -0.05) is 57.2 Å². The summed E-state index contributed by atoms with van der Waals surface area (Å²) in [7, 11) is -3.55. The molecule has 2 amide bonds. The Morgan fingerprint density at radius 3 is 2.53 bits per heavy atom. The van der Waals surface area contributed by atoms with E-state index in [9.17, 15) is 13.2 Å². The normalized spacial score (nSPS) is 19.6. The maximum Gasteiger partial charge on any atom is 0.320 e. The molecule has 3 atom stereocenters. The summed E-state index contributed by atoms with van der Waals surface area (Å²) in [4.78, 5) is 20.3. The highest BCUT2D eigenvalue weighted by Crippen LogP contribution is 2.38. The van der Waals surface area contributed by atoms with Gasteiger partial charge in [0.15, 0.2) is 0 Å². The molecular formula is C39H52N8O5S. The lowest BCUT2D eigenvalue weighted by atomic mass is 9.85. The molecular weight excluding hydrogens is 693 g/mol. The van der Waals surface area contributed by atoms with Gasteiger partial charge in [0.25, 0.3) is 10.1 Å². The van der Waals surface area contributed by atoms with E-state index in [1.165, 1.54) is 0 Å². The first-order chi connectivity index (χ1) is 25.1. The summed E-state index contributed by atoms with van der Waals surface area (Å²) in [6, 6.07) is 18.0. The molecule has 53 heavy (non-hydrogen) atoms. The number of hydrogen-bond acceptors (Lipinski definition) is 9. The van der Waals surface area contributed by atoms with Gasteiger partial charge in [0.2, 0.25) is 5.96 Å². The number of ether oxygens (including phenoxy) is 1. The maximum absolute atomic E-state index is 13.6. The SMILES string of the molecule is C[C@H]1CCCCN1C(=N)n1cc(O[C@@H]2CC[C@H](NC(=O)NC(/C=C(\N)C(C)(C)C)=Nc3cccc(CCOS(C)(=O)=O)c3)c3ccccc32)ccc1=N. The van der Waals surface area contributed by atoms with E-state index in [0.717, 1.165) is 48.8 Å². The quantitative estimate of drug-likeness (QED) is 0.101. The lowest BCUT2D eigenvalue weighted by molar-refractivity contribution is 0.170. The highest BCUT2D eigenvalue weighted by molar-refractivity contribution is 7.85. The molecule has 1 fully saturated rings. The molecule has 1 aliphatic carbocycles. The van der Waals surface area contributed by atoms with Crippen LogP contribution in [0.15, 0.2) is 83.6 Å². The number of allylic oxidation sites excluding steroid dienone is 1. The van der Waals surface area contributed by atoms with Gasteiger partial charge in [-0.15, -0.1) is 0 Å². The van der Waals surface area contributed by atoms with Crippen LogP contribution in [-0.4, -0.2) is 61.2 Å². The third-order valence-electron chi connectivity index (χ3n) is 9.49. The van der Waals surface area contributed by atoms with Crippen molar-refractivity contribution in [2.45, 2.75) is 84.4 Å². The number of hydrogen-bond donors (Lipinski definition) is 5. The van der Waals surface area contributed by atoms with Crippen LogP contribution in [0.25, 0.3) is 0 Å². The number of urea groups is 1. The average Bonchev–Trinajstić information content (AvgIpc) is 3.09.